The molecule has 4 rings (SSSR count). The van der Waals surface area contributed by atoms with Crippen LogP contribution in [0.2, 0.25) is 0 Å². The van der Waals surface area contributed by atoms with Crippen molar-refractivity contribution in [3.8, 4) is 0 Å². The third-order valence-corrected chi connectivity index (χ3v) is 10.5. The lowest BCUT2D eigenvalue weighted by Crippen LogP contribution is -2.38. The summed E-state index contributed by atoms with van der Waals surface area (Å²) < 4.78 is 3.78. The van der Waals surface area contributed by atoms with Crippen LogP contribution in [-0.4, -0.2) is 15.0 Å². The second kappa shape index (κ2) is 7.20. The molecular formula is C22H31N2O2P. The SMILES string of the molecule is CC(C)[C@@H]1n2c(=O)c3ccccc3c(=O)n2[C@H](C(C)C)P1C1CCCCC1. The van der Waals surface area contributed by atoms with Gasteiger partial charge in [-0.3, -0.25) is 9.59 Å². The molecule has 1 aromatic carbocycles. The maximum Gasteiger partial charge on any atom is 0.273 e. The minimum Gasteiger partial charge on any atom is -0.267 e. The molecule has 27 heavy (non-hydrogen) atoms. The van der Waals surface area contributed by atoms with Gasteiger partial charge in [0.15, 0.2) is 0 Å². The summed E-state index contributed by atoms with van der Waals surface area (Å²) in [7, 11) is -0.465. The fourth-order valence-corrected chi connectivity index (χ4v) is 9.72. The van der Waals surface area contributed by atoms with E-state index in [-0.39, 0.29) is 22.7 Å². The van der Waals surface area contributed by atoms with E-state index >= 15 is 0 Å². The summed E-state index contributed by atoms with van der Waals surface area (Å²) >= 11 is 0. The Morgan fingerprint density at radius 1 is 0.815 bits per heavy atom. The quantitative estimate of drug-likeness (QED) is 0.672. The fraction of sp³-hybridized carbons (Fsp3) is 0.636. The van der Waals surface area contributed by atoms with Gasteiger partial charge in [0.05, 0.1) is 22.3 Å². The van der Waals surface area contributed by atoms with E-state index in [4.69, 9.17) is 0 Å². The largest absolute Gasteiger partial charge is 0.273 e. The maximum atomic E-state index is 13.5. The summed E-state index contributed by atoms with van der Waals surface area (Å²) in [5, 5.41) is 1.15. The topological polar surface area (TPSA) is 44.0 Å². The molecule has 5 heteroatoms. The second-order valence-corrected chi connectivity index (χ2v) is 11.6. The zero-order chi connectivity index (χ0) is 19.3. The molecule has 2 heterocycles. The van der Waals surface area contributed by atoms with Crippen LogP contribution >= 0.6 is 7.92 Å². The predicted octanol–water partition coefficient (Wildman–Crippen LogP) is 5.30. The highest BCUT2D eigenvalue weighted by Crippen LogP contribution is 2.70. The maximum absolute atomic E-state index is 13.5. The molecule has 0 radical (unpaired) electrons. The highest BCUT2D eigenvalue weighted by atomic mass is 31.1. The number of nitrogens with zero attached hydrogens (tertiary/aromatic N) is 2. The highest BCUT2D eigenvalue weighted by molar-refractivity contribution is 7.58. The molecule has 1 saturated carbocycles. The van der Waals surface area contributed by atoms with Gasteiger partial charge >= 0.3 is 0 Å². The van der Waals surface area contributed by atoms with Crippen molar-refractivity contribution in [2.45, 2.75) is 77.0 Å². The first-order valence-corrected chi connectivity index (χ1v) is 12.0. The summed E-state index contributed by atoms with van der Waals surface area (Å²) in [4.78, 5) is 27.0. The molecule has 1 aliphatic heterocycles. The van der Waals surface area contributed by atoms with E-state index in [1.807, 2.05) is 33.6 Å². The van der Waals surface area contributed by atoms with Crippen LogP contribution in [0.25, 0.3) is 10.8 Å². The minimum atomic E-state index is -0.465. The Morgan fingerprint density at radius 3 is 1.67 bits per heavy atom. The molecule has 0 saturated heterocycles. The average molecular weight is 386 g/mol. The summed E-state index contributed by atoms with van der Waals surface area (Å²) in [6.07, 6.45) is 6.43. The molecular weight excluding hydrogens is 355 g/mol. The van der Waals surface area contributed by atoms with Crippen molar-refractivity contribution in [2.24, 2.45) is 11.8 Å². The highest BCUT2D eigenvalue weighted by Gasteiger charge is 2.48. The van der Waals surface area contributed by atoms with Crippen LogP contribution in [0.1, 0.15) is 71.4 Å². The van der Waals surface area contributed by atoms with Crippen LogP contribution < -0.4 is 11.1 Å². The molecule has 146 valence electrons. The Labute approximate surface area is 162 Å². The van der Waals surface area contributed by atoms with Crippen molar-refractivity contribution in [1.29, 1.82) is 0 Å². The number of benzene rings is 1. The third kappa shape index (κ3) is 2.92. The Kier molecular flexibility index (Phi) is 5.05. The summed E-state index contributed by atoms with van der Waals surface area (Å²) in [6.45, 7) is 8.90. The zero-order valence-corrected chi connectivity index (χ0v) is 17.8. The van der Waals surface area contributed by atoms with Crippen LogP contribution in [-0.2, 0) is 0 Å². The summed E-state index contributed by atoms with van der Waals surface area (Å²) in [5.74, 6) is 1.04. The molecule has 3 atom stereocenters. The number of hydrogen-bond acceptors (Lipinski definition) is 2. The van der Waals surface area contributed by atoms with E-state index in [0.29, 0.717) is 28.3 Å². The Hall–Kier alpha value is -1.41. The Bertz CT molecular complexity index is 884. The normalized spacial score (nSPS) is 26.2. The van der Waals surface area contributed by atoms with Gasteiger partial charge in [-0.05, 0) is 42.5 Å². The minimum absolute atomic E-state index is 0.0235. The van der Waals surface area contributed by atoms with Crippen LogP contribution in [0, 0.1) is 11.8 Å². The van der Waals surface area contributed by atoms with Crippen molar-refractivity contribution in [1.82, 2.24) is 9.36 Å². The molecule has 0 bridgehead atoms. The van der Waals surface area contributed by atoms with Gasteiger partial charge in [0.2, 0.25) is 0 Å². The van der Waals surface area contributed by atoms with Gasteiger partial charge in [-0.1, -0.05) is 67.0 Å². The number of aromatic nitrogens is 2. The third-order valence-electron chi connectivity index (χ3n) is 6.34. The van der Waals surface area contributed by atoms with Gasteiger partial charge in [-0.25, -0.2) is 9.36 Å². The van der Waals surface area contributed by atoms with Crippen LogP contribution in [0.15, 0.2) is 33.9 Å². The number of fused-ring (bicyclic) bond motifs is 2. The van der Waals surface area contributed by atoms with E-state index in [2.05, 4.69) is 27.7 Å². The Balaban J connectivity index is 2.02. The smallest absolute Gasteiger partial charge is 0.267 e. The lowest BCUT2D eigenvalue weighted by atomic mass is 10.0. The first kappa shape index (κ1) is 18.9. The molecule has 1 aliphatic carbocycles. The van der Waals surface area contributed by atoms with E-state index in [1.54, 1.807) is 0 Å². The molecule has 0 spiro atoms. The van der Waals surface area contributed by atoms with Crippen LogP contribution in [0.4, 0.5) is 0 Å². The van der Waals surface area contributed by atoms with Crippen LogP contribution in [0.3, 0.4) is 0 Å². The first-order chi connectivity index (χ1) is 12.9. The average Bonchev–Trinajstić information content (AvgIpc) is 3.04. The van der Waals surface area contributed by atoms with E-state index < -0.39 is 7.92 Å². The van der Waals surface area contributed by atoms with Crippen molar-refractivity contribution >= 4 is 18.7 Å². The molecule has 1 aromatic heterocycles. The molecule has 2 aliphatic rings. The van der Waals surface area contributed by atoms with Gasteiger partial charge in [0.25, 0.3) is 11.1 Å². The predicted molar refractivity (Wildman–Crippen MR) is 114 cm³/mol. The van der Waals surface area contributed by atoms with Crippen molar-refractivity contribution in [2.75, 3.05) is 0 Å². The van der Waals surface area contributed by atoms with Crippen molar-refractivity contribution in [3.63, 3.8) is 0 Å². The van der Waals surface area contributed by atoms with E-state index in [0.717, 1.165) is 0 Å². The standard InChI is InChI=1S/C22H31N2O2P/c1-14(2)21-23-19(25)17-12-8-9-13-18(17)20(26)24(23)22(15(3)4)27(21)16-10-6-5-7-11-16/h8-9,12-16,21-22H,5-7,10-11H2,1-4H3/t21-,22+,27?. The Morgan fingerprint density at radius 2 is 1.26 bits per heavy atom. The van der Waals surface area contributed by atoms with Crippen LogP contribution in [0.5, 0.6) is 0 Å². The molecule has 1 unspecified atom stereocenters. The van der Waals surface area contributed by atoms with Gasteiger partial charge in [-0.15, -0.1) is 0 Å². The lowest BCUT2D eigenvalue weighted by Gasteiger charge is -2.37. The number of rotatable bonds is 3. The van der Waals surface area contributed by atoms with E-state index in [1.165, 1.54) is 32.1 Å². The second-order valence-electron chi connectivity index (χ2n) is 8.90. The fourth-order valence-electron chi connectivity index (χ4n) is 5.27. The summed E-state index contributed by atoms with van der Waals surface area (Å²) in [5.41, 5.74) is 0.716. The monoisotopic (exact) mass is 386 g/mol. The molecule has 2 aromatic rings. The van der Waals surface area contributed by atoms with Crippen molar-refractivity contribution < 1.29 is 0 Å². The van der Waals surface area contributed by atoms with Crippen molar-refractivity contribution in [3.05, 3.63) is 45.0 Å². The molecule has 1 fully saturated rings. The summed E-state index contributed by atoms with van der Waals surface area (Å²) in [6, 6.07) is 7.36. The van der Waals surface area contributed by atoms with Gasteiger partial charge < -0.3 is 0 Å². The van der Waals surface area contributed by atoms with Gasteiger partial charge in [-0.2, -0.15) is 0 Å². The van der Waals surface area contributed by atoms with E-state index in [9.17, 15) is 9.59 Å². The number of hydrogen-bond donors (Lipinski definition) is 0. The molecule has 0 amide bonds. The first-order valence-electron chi connectivity index (χ1n) is 10.5. The molecule has 4 nitrogen and oxygen atoms in total. The lowest BCUT2D eigenvalue weighted by molar-refractivity contribution is 0.361. The van der Waals surface area contributed by atoms with Gasteiger partial charge in [0.1, 0.15) is 0 Å². The zero-order valence-electron chi connectivity index (χ0n) is 16.9. The van der Waals surface area contributed by atoms with Gasteiger partial charge in [0, 0.05) is 0 Å². The molecule has 0 N–H and O–H groups in total.